The number of hydrogen-bond acceptors (Lipinski definition) is 1. The van der Waals surface area contributed by atoms with Crippen molar-refractivity contribution in [3.05, 3.63) is 65.0 Å². The molecule has 0 amide bonds. The molecule has 0 aromatic heterocycles. The second kappa shape index (κ2) is 4.84. The van der Waals surface area contributed by atoms with Gasteiger partial charge < -0.3 is 5.73 Å². The third-order valence-electron chi connectivity index (χ3n) is 2.26. The Balaban J connectivity index is 2.39. The molecule has 0 bridgehead atoms. The van der Waals surface area contributed by atoms with E-state index in [1.54, 1.807) is 24.3 Å². The van der Waals surface area contributed by atoms with Crippen LogP contribution in [0.4, 0.5) is 18.9 Å². The molecule has 0 aliphatic rings. The molecule has 0 unspecified atom stereocenters. The van der Waals surface area contributed by atoms with E-state index < -0.39 is 17.5 Å². The summed E-state index contributed by atoms with van der Waals surface area (Å²) in [7, 11) is 0. The summed E-state index contributed by atoms with van der Waals surface area (Å²) < 4.78 is 38.9. The molecule has 4 heteroatoms. The van der Waals surface area contributed by atoms with Crippen LogP contribution in [0.15, 0.2) is 36.4 Å². The monoisotopic (exact) mass is 247 g/mol. The van der Waals surface area contributed by atoms with Gasteiger partial charge >= 0.3 is 0 Å². The van der Waals surface area contributed by atoms with Gasteiger partial charge in [0, 0.05) is 11.3 Å². The van der Waals surface area contributed by atoms with Crippen molar-refractivity contribution in [1.82, 2.24) is 0 Å². The zero-order valence-corrected chi connectivity index (χ0v) is 9.18. The van der Waals surface area contributed by atoms with Crippen LogP contribution in [-0.4, -0.2) is 0 Å². The molecule has 0 saturated carbocycles. The number of rotatable bonds is 0. The fourth-order valence-electron chi connectivity index (χ4n) is 1.38. The van der Waals surface area contributed by atoms with E-state index in [4.69, 9.17) is 5.73 Å². The number of nitrogen functional groups attached to an aromatic ring is 1. The summed E-state index contributed by atoms with van der Waals surface area (Å²) in [6.45, 7) is 0. The van der Waals surface area contributed by atoms with Crippen molar-refractivity contribution in [3.63, 3.8) is 0 Å². The van der Waals surface area contributed by atoms with Gasteiger partial charge in [-0.05, 0) is 30.3 Å². The van der Waals surface area contributed by atoms with Crippen molar-refractivity contribution in [2.45, 2.75) is 0 Å². The minimum atomic E-state index is -1.52. The molecule has 0 heterocycles. The van der Waals surface area contributed by atoms with Gasteiger partial charge in [-0.15, -0.1) is 0 Å². The van der Waals surface area contributed by atoms with Crippen LogP contribution in [0.3, 0.4) is 0 Å². The third kappa shape index (κ3) is 2.46. The van der Waals surface area contributed by atoms with E-state index in [2.05, 4.69) is 11.8 Å². The highest BCUT2D eigenvalue weighted by atomic mass is 19.2. The molecule has 0 aliphatic carbocycles. The predicted molar refractivity (Wildman–Crippen MR) is 63.2 cm³/mol. The molecule has 2 aromatic rings. The molecule has 0 fully saturated rings. The molecule has 2 rings (SSSR count). The van der Waals surface area contributed by atoms with Gasteiger partial charge in [-0.25, -0.2) is 13.2 Å². The summed E-state index contributed by atoms with van der Waals surface area (Å²) in [5.74, 6) is 1.03. The second-order valence-electron chi connectivity index (χ2n) is 3.60. The van der Waals surface area contributed by atoms with Crippen molar-refractivity contribution in [2.75, 3.05) is 5.73 Å². The second-order valence-corrected chi connectivity index (χ2v) is 3.60. The Hall–Kier alpha value is -2.41. The van der Waals surface area contributed by atoms with E-state index in [0.29, 0.717) is 11.3 Å². The maximum absolute atomic E-state index is 13.3. The van der Waals surface area contributed by atoms with E-state index >= 15 is 0 Å². The Bertz CT molecular complexity index is 654. The van der Waals surface area contributed by atoms with Gasteiger partial charge in [0.2, 0.25) is 0 Å². The lowest BCUT2D eigenvalue weighted by molar-refractivity contribution is 0.446. The lowest BCUT2D eigenvalue weighted by atomic mass is 10.1. The molecule has 1 nitrogen and oxygen atoms in total. The standard InChI is InChI=1S/C14H8F3N/c15-12-7-6-10(13(16)14(12)17)5-4-9-2-1-3-11(18)8-9/h1-3,6-8H,18H2. The Morgan fingerprint density at radius 3 is 2.39 bits per heavy atom. The van der Waals surface area contributed by atoms with Gasteiger partial charge in [-0.2, -0.15) is 0 Å². The Morgan fingerprint density at radius 1 is 0.889 bits per heavy atom. The van der Waals surface area contributed by atoms with Crippen molar-refractivity contribution in [2.24, 2.45) is 0 Å². The maximum atomic E-state index is 13.3. The first kappa shape index (κ1) is 12.1. The molecular weight excluding hydrogens is 239 g/mol. The molecule has 2 N–H and O–H groups in total. The highest BCUT2D eigenvalue weighted by Gasteiger charge is 2.11. The predicted octanol–water partition coefficient (Wildman–Crippen LogP) is 3.09. The fourth-order valence-corrected chi connectivity index (χ4v) is 1.38. The van der Waals surface area contributed by atoms with E-state index in [9.17, 15) is 13.2 Å². The average molecular weight is 247 g/mol. The topological polar surface area (TPSA) is 26.0 Å². The summed E-state index contributed by atoms with van der Waals surface area (Å²) >= 11 is 0. The number of nitrogens with two attached hydrogens (primary N) is 1. The molecule has 0 saturated heterocycles. The van der Waals surface area contributed by atoms with Crippen LogP contribution in [0.1, 0.15) is 11.1 Å². The average Bonchev–Trinajstić information content (AvgIpc) is 2.35. The number of anilines is 1. The van der Waals surface area contributed by atoms with Gasteiger partial charge in [0.05, 0.1) is 5.56 Å². The summed E-state index contributed by atoms with van der Waals surface area (Å²) in [6, 6.07) is 8.59. The number of benzene rings is 2. The van der Waals surface area contributed by atoms with Crippen molar-refractivity contribution in [3.8, 4) is 11.8 Å². The number of hydrogen-bond donors (Lipinski definition) is 1. The minimum Gasteiger partial charge on any atom is -0.399 e. The Labute approximate surface area is 102 Å². The third-order valence-corrected chi connectivity index (χ3v) is 2.26. The van der Waals surface area contributed by atoms with Crippen LogP contribution < -0.4 is 5.73 Å². The largest absolute Gasteiger partial charge is 0.399 e. The SMILES string of the molecule is Nc1cccc(C#Cc2ccc(F)c(F)c2F)c1. The van der Waals surface area contributed by atoms with Crippen LogP contribution in [-0.2, 0) is 0 Å². The summed E-state index contributed by atoms with van der Waals surface area (Å²) in [4.78, 5) is 0. The number of halogens is 3. The highest BCUT2D eigenvalue weighted by Crippen LogP contribution is 2.14. The van der Waals surface area contributed by atoms with Crippen LogP contribution in [0.25, 0.3) is 0 Å². The highest BCUT2D eigenvalue weighted by molar-refractivity contribution is 5.49. The lowest BCUT2D eigenvalue weighted by Crippen LogP contribution is -1.93. The molecule has 0 aliphatic heterocycles. The zero-order chi connectivity index (χ0) is 13.1. The van der Waals surface area contributed by atoms with Crippen LogP contribution in [0, 0.1) is 29.3 Å². The molecule has 0 atom stereocenters. The quantitative estimate of drug-likeness (QED) is 0.432. The van der Waals surface area contributed by atoms with Gasteiger partial charge in [-0.1, -0.05) is 17.9 Å². The zero-order valence-electron chi connectivity index (χ0n) is 9.18. The van der Waals surface area contributed by atoms with Gasteiger partial charge in [0.15, 0.2) is 17.5 Å². The maximum Gasteiger partial charge on any atom is 0.195 e. The fraction of sp³-hybridized carbons (Fsp3) is 0. The van der Waals surface area contributed by atoms with Crippen molar-refractivity contribution in [1.29, 1.82) is 0 Å². The van der Waals surface area contributed by atoms with E-state index in [-0.39, 0.29) is 5.56 Å². The summed E-state index contributed by atoms with van der Waals surface area (Å²) in [5.41, 5.74) is 6.44. The van der Waals surface area contributed by atoms with Crippen LogP contribution >= 0.6 is 0 Å². The normalized spacial score (nSPS) is 9.72. The Kier molecular flexibility index (Phi) is 3.24. The molecule has 2 aromatic carbocycles. The Morgan fingerprint density at radius 2 is 1.67 bits per heavy atom. The van der Waals surface area contributed by atoms with E-state index in [0.717, 1.165) is 12.1 Å². The van der Waals surface area contributed by atoms with E-state index in [1.165, 1.54) is 0 Å². The van der Waals surface area contributed by atoms with Crippen LogP contribution in [0.2, 0.25) is 0 Å². The molecule has 0 radical (unpaired) electrons. The van der Waals surface area contributed by atoms with Crippen molar-refractivity contribution >= 4 is 5.69 Å². The molecule has 18 heavy (non-hydrogen) atoms. The smallest absolute Gasteiger partial charge is 0.195 e. The van der Waals surface area contributed by atoms with Crippen molar-refractivity contribution < 1.29 is 13.2 Å². The molecule has 90 valence electrons. The van der Waals surface area contributed by atoms with Gasteiger partial charge in [0.25, 0.3) is 0 Å². The lowest BCUT2D eigenvalue weighted by Gasteiger charge is -1.97. The summed E-state index contributed by atoms with van der Waals surface area (Å²) in [6.07, 6.45) is 0. The first-order chi connectivity index (χ1) is 8.58. The minimum absolute atomic E-state index is 0.198. The first-order valence-corrected chi connectivity index (χ1v) is 5.09. The summed E-state index contributed by atoms with van der Waals surface area (Å²) in [5, 5.41) is 0. The van der Waals surface area contributed by atoms with Gasteiger partial charge in [0.1, 0.15) is 0 Å². The van der Waals surface area contributed by atoms with Crippen LogP contribution in [0.5, 0.6) is 0 Å². The van der Waals surface area contributed by atoms with E-state index in [1.807, 2.05) is 0 Å². The molecule has 0 spiro atoms. The molecular formula is C14H8F3N. The van der Waals surface area contributed by atoms with Gasteiger partial charge in [-0.3, -0.25) is 0 Å². The first-order valence-electron chi connectivity index (χ1n) is 5.09.